The summed E-state index contributed by atoms with van der Waals surface area (Å²) in [4.78, 5) is 5.45. The number of nitrogens with zero attached hydrogens (tertiary/aromatic N) is 3. The third-order valence-electron chi connectivity index (χ3n) is 13.1. The summed E-state index contributed by atoms with van der Waals surface area (Å²) in [6, 6.07) is 67.2. The molecular weight excluding hydrogens is 715 g/mol. The van der Waals surface area contributed by atoms with Gasteiger partial charge in [-0.15, -0.1) is 0 Å². The van der Waals surface area contributed by atoms with Crippen LogP contribution in [-0.2, 0) is 0 Å². The molecule has 59 heavy (non-hydrogen) atoms. The molecule has 1 aliphatic heterocycles. The molecule has 0 N–H and O–H groups in total. The summed E-state index contributed by atoms with van der Waals surface area (Å²) in [5, 5.41) is 12.8. The van der Waals surface area contributed by atoms with Crippen LogP contribution in [0.25, 0.3) is 92.7 Å². The average Bonchev–Trinajstić information content (AvgIpc) is 3.89. The SMILES string of the molecule is CCC1=C(c2ccc3ccccc3c2)c2ccccc2N=C(c2ccc(-n3c4ccccc4c4cc5c6ccccc6n6c7ccc8ccccc8c7c(c43)c56)cc2)C1. The van der Waals surface area contributed by atoms with Crippen LogP contribution >= 0.6 is 0 Å². The fourth-order valence-corrected chi connectivity index (χ4v) is 10.5. The van der Waals surface area contributed by atoms with Crippen molar-refractivity contribution in [1.29, 1.82) is 0 Å². The minimum absolute atomic E-state index is 0.790. The molecule has 4 heterocycles. The largest absolute Gasteiger partial charge is 0.309 e. The lowest BCUT2D eigenvalue weighted by molar-refractivity contribution is 1.06. The molecule has 0 atom stereocenters. The molecule has 0 fully saturated rings. The van der Waals surface area contributed by atoms with Gasteiger partial charge >= 0.3 is 0 Å². The number of allylic oxidation sites excluding steroid dienone is 1. The van der Waals surface area contributed by atoms with Crippen LogP contribution < -0.4 is 0 Å². The van der Waals surface area contributed by atoms with Gasteiger partial charge in [0.15, 0.2) is 0 Å². The van der Waals surface area contributed by atoms with Gasteiger partial charge in [0.2, 0.25) is 0 Å². The Bertz CT molecular complexity index is 3780. The number of hydrogen-bond acceptors (Lipinski definition) is 1. The van der Waals surface area contributed by atoms with E-state index in [-0.39, 0.29) is 0 Å². The maximum Gasteiger partial charge on any atom is 0.0711 e. The van der Waals surface area contributed by atoms with Crippen LogP contribution in [0, 0.1) is 0 Å². The quantitative estimate of drug-likeness (QED) is 0.171. The lowest BCUT2D eigenvalue weighted by Gasteiger charge is -2.15. The molecule has 0 saturated heterocycles. The predicted octanol–water partition coefficient (Wildman–Crippen LogP) is 15.0. The van der Waals surface area contributed by atoms with Crippen LogP contribution in [0.1, 0.15) is 36.5 Å². The molecule has 1 aliphatic rings. The second-order valence-corrected chi connectivity index (χ2v) is 16.1. The molecule has 9 aromatic carbocycles. The highest BCUT2D eigenvalue weighted by Crippen LogP contribution is 2.48. The molecule has 3 aromatic heterocycles. The van der Waals surface area contributed by atoms with Gasteiger partial charge in [0.25, 0.3) is 0 Å². The highest BCUT2D eigenvalue weighted by molar-refractivity contribution is 6.37. The third kappa shape index (κ3) is 4.56. The van der Waals surface area contributed by atoms with E-state index in [0.29, 0.717) is 0 Å². The standard InChI is InChI=1S/C56H37N3/c1-2-34-32-48(57-47-20-10-7-19-44(47)52(34)39-24-23-35-13-3-4-15-38(35)31-39)37-25-28-40(29-26-37)58-49-21-11-8-17-42(49)45-33-46-43-18-9-12-22-50(43)59-51-30-27-36-14-5-6-16-41(36)53(51)54(55(45)58)56(46)59/h3-31,33H,2,32H2,1H3. The van der Waals surface area contributed by atoms with Gasteiger partial charge < -0.3 is 8.97 Å². The average molecular weight is 752 g/mol. The summed E-state index contributed by atoms with van der Waals surface area (Å²) in [5.74, 6) is 0. The molecule has 0 saturated carbocycles. The Morgan fingerprint density at radius 2 is 1.12 bits per heavy atom. The van der Waals surface area contributed by atoms with Crippen molar-refractivity contribution < 1.29 is 0 Å². The van der Waals surface area contributed by atoms with Crippen LogP contribution in [-0.4, -0.2) is 14.7 Å². The summed E-state index contributed by atoms with van der Waals surface area (Å²) < 4.78 is 5.03. The molecule has 0 spiro atoms. The number of aromatic nitrogens is 2. The van der Waals surface area contributed by atoms with E-state index >= 15 is 0 Å². The molecule has 0 unspecified atom stereocenters. The summed E-state index contributed by atoms with van der Waals surface area (Å²) in [6.45, 7) is 2.29. The minimum atomic E-state index is 0.790. The zero-order valence-electron chi connectivity index (χ0n) is 32.6. The number of para-hydroxylation sites is 3. The molecule has 3 nitrogen and oxygen atoms in total. The fraction of sp³-hybridized carbons (Fsp3) is 0.0536. The van der Waals surface area contributed by atoms with Gasteiger partial charge in [-0.1, -0.05) is 146 Å². The Kier molecular flexibility index (Phi) is 6.77. The Labute approximate surface area is 340 Å². The topological polar surface area (TPSA) is 21.7 Å². The van der Waals surface area contributed by atoms with Crippen LogP contribution in [0.5, 0.6) is 0 Å². The Balaban J connectivity index is 1.04. The maximum atomic E-state index is 5.45. The van der Waals surface area contributed by atoms with Crippen LogP contribution in [0.4, 0.5) is 5.69 Å². The minimum Gasteiger partial charge on any atom is -0.309 e. The fourth-order valence-electron chi connectivity index (χ4n) is 10.5. The zero-order chi connectivity index (χ0) is 38.8. The maximum absolute atomic E-state index is 5.45. The molecule has 3 heteroatoms. The number of benzene rings is 9. The molecule has 0 aliphatic carbocycles. The monoisotopic (exact) mass is 751 g/mol. The van der Waals surface area contributed by atoms with Crippen molar-refractivity contribution in [2.24, 2.45) is 4.99 Å². The van der Waals surface area contributed by atoms with E-state index in [2.05, 4.69) is 198 Å². The number of fused-ring (bicyclic) bond motifs is 14. The van der Waals surface area contributed by atoms with Crippen LogP contribution in [0.15, 0.2) is 193 Å². The van der Waals surface area contributed by atoms with Crippen LogP contribution in [0.2, 0.25) is 0 Å². The number of rotatable bonds is 4. The van der Waals surface area contributed by atoms with Crippen molar-refractivity contribution in [2.45, 2.75) is 19.8 Å². The second kappa shape index (κ2) is 12.3. The first-order valence-corrected chi connectivity index (χ1v) is 20.7. The Hall–Kier alpha value is -7.49. The van der Waals surface area contributed by atoms with Crippen molar-refractivity contribution in [2.75, 3.05) is 0 Å². The summed E-state index contributed by atoms with van der Waals surface area (Å²) in [6.07, 6.45) is 1.73. The second-order valence-electron chi connectivity index (χ2n) is 16.1. The predicted molar refractivity (Wildman–Crippen MR) is 250 cm³/mol. The van der Waals surface area contributed by atoms with Crippen LogP contribution in [0.3, 0.4) is 0 Å². The molecular formula is C56H37N3. The van der Waals surface area contributed by atoms with Gasteiger partial charge in [0.1, 0.15) is 0 Å². The van der Waals surface area contributed by atoms with E-state index < -0.39 is 0 Å². The molecule has 12 aromatic rings. The Morgan fingerprint density at radius 3 is 1.95 bits per heavy atom. The molecule has 0 radical (unpaired) electrons. The first-order chi connectivity index (χ1) is 29.2. The smallest absolute Gasteiger partial charge is 0.0711 e. The number of aliphatic imine (C=N–C) groups is 1. The summed E-state index contributed by atoms with van der Waals surface area (Å²) in [5.41, 5.74) is 15.8. The summed E-state index contributed by atoms with van der Waals surface area (Å²) >= 11 is 0. The van der Waals surface area contributed by atoms with Gasteiger partial charge in [-0.05, 0) is 93.2 Å². The lowest BCUT2D eigenvalue weighted by atomic mass is 9.88. The van der Waals surface area contributed by atoms with Gasteiger partial charge in [0, 0.05) is 50.0 Å². The van der Waals surface area contributed by atoms with Gasteiger partial charge in [-0.25, -0.2) is 0 Å². The van der Waals surface area contributed by atoms with E-state index in [1.54, 1.807) is 0 Å². The normalized spacial score (nSPS) is 13.5. The molecule has 0 amide bonds. The van der Waals surface area contributed by atoms with E-state index in [1.807, 2.05) is 0 Å². The highest BCUT2D eigenvalue weighted by Gasteiger charge is 2.26. The first-order valence-electron chi connectivity index (χ1n) is 20.7. The van der Waals surface area contributed by atoms with E-state index in [4.69, 9.17) is 4.99 Å². The van der Waals surface area contributed by atoms with E-state index in [9.17, 15) is 0 Å². The molecule has 13 rings (SSSR count). The zero-order valence-corrected chi connectivity index (χ0v) is 32.6. The van der Waals surface area contributed by atoms with E-state index in [0.717, 1.165) is 35.5 Å². The van der Waals surface area contributed by atoms with Crippen molar-refractivity contribution >= 4 is 98.4 Å². The molecule has 0 bridgehead atoms. The lowest BCUT2D eigenvalue weighted by Crippen LogP contribution is -2.04. The van der Waals surface area contributed by atoms with Crippen molar-refractivity contribution in [3.63, 3.8) is 0 Å². The van der Waals surface area contributed by atoms with Gasteiger partial charge in [-0.2, -0.15) is 0 Å². The van der Waals surface area contributed by atoms with Gasteiger partial charge in [-0.3, -0.25) is 4.99 Å². The van der Waals surface area contributed by atoms with Crippen molar-refractivity contribution in [3.05, 3.63) is 204 Å². The highest BCUT2D eigenvalue weighted by atomic mass is 15.0. The number of hydrogen-bond donors (Lipinski definition) is 0. The Morgan fingerprint density at radius 1 is 0.475 bits per heavy atom. The van der Waals surface area contributed by atoms with Crippen molar-refractivity contribution in [3.8, 4) is 5.69 Å². The molecule has 276 valence electrons. The first kappa shape index (κ1) is 32.6. The van der Waals surface area contributed by atoms with Gasteiger partial charge in [0.05, 0.1) is 39.0 Å². The third-order valence-corrected chi connectivity index (χ3v) is 13.1. The van der Waals surface area contributed by atoms with E-state index in [1.165, 1.54) is 104 Å². The van der Waals surface area contributed by atoms with Crippen molar-refractivity contribution in [1.82, 2.24) is 8.97 Å². The summed E-state index contributed by atoms with van der Waals surface area (Å²) in [7, 11) is 0.